The van der Waals surface area contributed by atoms with Crippen LogP contribution in [0.1, 0.15) is 31.2 Å². The van der Waals surface area contributed by atoms with Crippen molar-refractivity contribution >= 4 is 28.5 Å². The normalized spacial score (nSPS) is 11.1. The number of rotatable bonds is 9. The first-order valence-electron chi connectivity index (χ1n) is 10.7. The van der Waals surface area contributed by atoms with Crippen molar-refractivity contribution in [1.29, 1.82) is 0 Å². The number of benzene rings is 2. The number of hydrogen-bond donors (Lipinski definition) is 1. The quantitative estimate of drug-likeness (QED) is 0.284. The van der Waals surface area contributed by atoms with Gasteiger partial charge in [0.05, 0.1) is 16.5 Å². The van der Waals surface area contributed by atoms with Crippen LogP contribution in [0.5, 0.6) is 5.75 Å². The van der Waals surface area contributed by atoms with Crippen LogP contribution in [-0.4, -0.2) is 24.0 Å². The summed E-state index contributed by atoms with van der Waals surface area (Å²) in [6.45, 7) is 2.73. The van der Waals surface area contributed by atoms with Gasteiger partial charge in [-0.3, -0.25) is 24.5 Å². The van der Waals surface area contributed by atoms with Crippen molar-refractivity contribution in [2.75, 3.05) is 0 Å². The van der Waals surface area contributed by atoms with E-state index >= 15 is 0 Å². The van der Waals surface area contributed by atoms with Gasteiger partial charge >= 0.3 is 5.69 Å². The van der Waals surface area contributed by atoms with E-state index in [9.17, 15) is 19.7 Å². The number of nitrogens with zero attached hydrogens (tertiary/aromatic N) is 4. The molecule has 0 saturated heterocycles. The minimum atomic E-state index is -0.549. The lowest BCUT2D eigenvalue weighted by Gasteiger charge is -2.10. The van der Waals surface area contributed by atoms with Crippen LogP contribution in [0.4, 0.5) is 5.69 Å². The number of ether oxygens (including phenoxy) is 1. The van der Waals surface area contributed by atoms with Gasteiger partial charge in [-0.1, -0.05) is 55.3 Å². The van der Waals surface area contributed by atoms with Crippen molar-refractivity contribution < 1.29 is 9.66 Å². The predicted molar refractivity (Wildman–Crippen MR) is 128 cm³/mol. The number of aromatic nitrogens is 4. The Labute approximate surface area is 198 Å². The molecule has 0 radical (unpaired) electrons. The molecule has 34 heavy (non-hydrogen) atoms. The van der Waals surface area contributed by atoms with Crippen LogP contribution in [0, 0.1) is 10.1 Å². The van der Waals surface area contributed by atoms with Crippen molar-refractivity contribution in [2.45, 2.75) is 39.5 Å². The van der Waals surface area contributed by atoms with Gasteiger partial charge in [0.1, 0.15) is 18.2 Å². The molecule has 11 heteroatoms. The smallest absolute Gasteiger partial charge is 0.330 e. The molecule has 0 fully saturated rings. The number of nitro benzene ring substituents is 1. The van der Waals surface area contributed by atoms with E-state index in [1.54, 1.807) is 4.57 Å². The highest BCUT2D eigenvalue weighted by atomic mass is 35.5. The maximum absolute atomic E-state index is 12.8. The van der Waals surface area contributed by atoms with Crippen molar-refractivity contribution in [2.24, 2.45) is 0 Å². The zero-order valence-electron chi connectivity index (χ0n) is 18.4. The second-order valence-electron chi connectivity index (χ2n) is 7.70. The molecule has 0 aliphatic carbocycles. The fourth-order valence-corrected chi connectivity index (χ4v) is 3.89. The van der Waals surface area contributed by atoms with Gasteiger partial charge in [-0.2, -0.15) is 0 Å². The first-order valence-corrected chi connectivity index (χ1v) is 11.1. The zero-order valence-corrected chi connectivity index (χ0v) is 19.1. The second-order valence-corrected chi connectivity index (χ2v) is 8.10. The van der Waals surface area contributed by atoms with Crippen LogP contribution >= 0.6 is 11.6 Å². The van der Waals surface area contributed by atoms with Crippen LogP contribution < -0.4 is 16.0 Å². The zero-order chi connectivity index (χ0) is 24.2. The predicted octanol–water partition coefficient (Wildman–Crippen LogP) is 3.88. The largest absolute Gasteiger partial charge is 0.484 e. The summed E-state index contributed by atoms with van der Waals surface area (Å²) >= 11 is 6.15. The molecule has 2 aromatic carbocycles. The molecule has 10 nitrogen and oxygen atoms in total. The minimum Gasteiger partial charge on any atom is -0.484 e. The molecule has 0 aliphatic rings. The highest BCUT2D eigenvalue weighted by molar-refractivity contribution is 6.32. The summed E-state index contributed by atoms with van der Waals surface area (Å²) < 4.78 is 8.97. The summed E-state index contributed by atoms with van der Waals surface area (Å²) in [6.07, 6.45) is 1.67. The molecule has 0 aliphatic heterocycles. The van der Waals surface area contributed by atoms with Crippen molar-refractivity contribution in [1.82, 2.24) is 19.1 Å². The monoisotopic (exact) mass is 483 g/mol. The molecule has 0 saturated carbocycles. The fourth-order valence-electron chi connectivity index (χ4n) is 3.66. The van der Waals surface area contributed by atoms with Crippen LogP contribution in [0.3, 0.4) is 0 Å². The molecule has 176 valence electrons. The number of aromatic amines is 1. The molecule has 2 aromatic heterocycles. The summed E-state index contributed by atoms with van der Waals surface area (Å²) in [5, 5.41) is 11.0. The summed E-state index contributed by atoms with van der Waals surface area (Å²) in [7, 11) is 0. The molecular weight excluding hydrogens is 462 g/mol. The first-order chi connectivity index (χ1) is 16.4. The highest BCUT2D eigenvalue weighted by Crippen LogP contribution is 2.29. The lowest BCUT2D eigenvalue weighted by Crippen LogP contribution is -2.31. The maximum atomic E-state index is 12.8. The van der Waals surface area contributed by atoms with Crippen molar-refractivity contribution in [3.8, 4) is 5.75 Å². The van der Waals surface area contributed by atoms with E-state index in [1.807, 2.05) is 37.3 Å². The Morgan fingerprint density at radius 1 is 1.15 bits per heavy atom. The second kappa shape index (κ2) is 9.92. The number of imidazole rings is 1. The van der Waals surface area contributed by atoms with E-state index in [-0.39, 0.29) is 40.8 Å². The number of aryl methyl sites for hydroxylation is 1. The van der Waals surface area contributed by atoms with Crippen LogP contribution in [0.15, 0.2) is 58.1 Å². The lowest BCUT2D eigenvalue weighted by molar-refractivity contribution is -0.384. The molecule has 0 amide bonds. The fraction of sp³-hybridized carbons (Fsp3) is 0.261. The van der Waals surface area contributed by atoms with E-state index in [0.717, 1.165) is 18.4 Å². The number of H-pyrrole nitrogens is 1. The van der Waals surface area contributed by atoms with Crippen LogP contribution in [0.25, 0.3) is 11.2 Å². The molecule has 1 N–H and O–H groups in total. The summed E-state index contributed by atoms with van der Waals surface area (Å²) in [5.74, 6) is 0.688. The van der Waals surface area contributed by atoms with Crippen LogP contribution in [0.2, 0.25) is 5.02 Å². The van der Waals surface area contributed by atoms with Crippen LogP contribution in [-0.2, 0) is 19.7 Å². The maximum Gasteiger partial charge on any atom is 0.330 e. The number of fused-ring (bicyclic) bond motifs is 1. The Morgan fingerprint density at radius 3 is 2.59 bits per heavy atom. The number of halogens is 1. The standard InChI is InChI=1S/C23H22ClN5O5/c1-2-3-11-27-19(14-34-18-10-9-16(29(32)33)12-17(18)24)25-21-20(27)22(30)26-23(31)28(21)13-15-7-5-4-6-8-15/h4-10,12H,2-3,11,13-14H2,1H3,(H,26,30,31). The van der Waals surface area contributed by atoms with Gasteiger partial charge in [0.25, 0.3) is 11.2 Å². The molecule has 0 bridgehead atoms. The van der Waals surface area contributed by atoms with Gasteiger partial charge in [0.2, 0.25) is 0 Å². The number of nitro groups is 1. The van der Waals surface area contributed by atoms with Gasteiger partial charge in [0, 0.05) is 18.7 Å². The molecule has 0 unspecified atom stereocenters. The molecule has 2 heterocycles. The Bertz CT molecular complexity index is 1460. The third kappa shape index (κ3) is 4.72. The number of hydrogen-bond acceptors (Lipinski definition) is 6. The lowest BCUT2D eigenvalue weighted by atomic mass is 10.2. The molecule has 0 spiro atoms. The highest BCUT2D eigenvalue weighted by Gasteiger charge is 2.20. The van der Waals surface area contributed by atoms with E-state index in [4.69, 9.17) is 16.3 Å². The van der Waals surface area contributed by atoms with Gasteiger partial charge in [0.15, 0.2) is 11.2 Å². The Balaban J connectivity index is 1.76. The van der Waals surface area contributed by atoms with E-state index < -0.39 is 16.2 Å². The number of nitrogens with one attached hydrogen (secondary N) is 1. The Kier molecular flexibility index (Phi) is 6.78. The molecular formula is C23H22ClN5O5. The summed E-state index contributed by atoms with van der Waals surface area (Å²) in [6, 6.07) is 13.3. The van der Waals surface area contributed by atoms with Gasteiger partial charge in [-0.15, -0.1) is 0 Å². The summed E-state index contributed by atoms with van der Waals surface area (Å²) in [5.41, 5.74) is 0.222. The summed E-state index contributed by atoms with van der Waals surface area (Å²) in [4.78, 5) is 42.8. The average molecular weight is 484 g/mol. The van der Waals surface area contributed by atoms with Crippen molar-refractivity contribution in [3.63, 3.8) is 0 Å². The van der Waals surface area contributed by atoms with Gasteiger partial charge in [-0.05, 0) is 18.1 Å². The van der Waals surface area contributed by atoms with Gasteiger partial charge < -0.3 is 9.30 Å². The average Bonchev–Trinajstić information content (AvgIpc) is 3.18. The number of unbranched alkanes of at least 4 members (excludes halogenated alkanes) is 1. The minimum absolute atomic E-state index is 0.0467. The Hall–Kier alpha value is -3.92. The Morgan fingerprint density at radius 2 is 1.91 bits per heavy atom. The first kappa shape index (κ1) is 23.2. The third-order valence-corrected chi connectivity index (χ3v) is 5.66. The molecule has 4 rings (SSSR count). The van der Waals surface area contributed by atoms with E-state index in [0.29, 0.717) is 12.4 Å². The molecule has 4 aromatic rings. The number of non-ortho nitro benzene ring substituents is 1. The van der Waals surface area contributed by atoms with Gasteiger partial charge in [-0.25, -0.2) is 9.78 Å². The SMILES string of the molecule is CCCCn1c(COc2ccc([N+](=O)[O-])cc2Cl)nc2c1c(=O)[nH]c(=O)n2Cc1ccccc1. The van der Waals surface area contributed by atoms with Crippen molar-refractivity contribution in [3.05, 3.63) is 95.9 Å². The third-order valence-electron chi connectivity index (χ3n) is 5.37. The van der Waals surface area contributed by atoms with E-state index in [1.165, 1.54) is 22.8 Å². The van der Waals surface area contributed by atoms with E-state index in [2.05, 4.69) is 9.97 Å². The molecule has 0 atom stereocenters. The topological polar surface area (TPSA) is 125 Å².